The fraction of sp³-hybridized carbons (Fsp3) is 0.368. The Hall–Kier alpha value is -2.10. The summed E-state index contributed by atoms with van der Waals surface area (Å²) in [6, 6.07) is 3.73. The minimum absolute atomic E-state index is 0.426. The van der Waals surface area contributed by atoms with Crippen LogP contribution in [0.1, 0.15) is 44.1 Å². The van der Waals surface area contributed by atoms with E-state index in [1.54, 1.807) is 0 Å². The lowest BCUT2D eigenvalue weighted by Crippen LogP contribution is -2.12. The quantitative estimate of drug-likeness (QED) is 0.721. The topological polar surface area (TPSA) is 25.8 Å². The molecular weight excluding hydrogens is 294 g/mol. The summed E-state index contributed by atoms with van der Waals surface area (Å²) < 4.78 is 26.3. The second-order valence-corrected chi connectivity index (χ2v) is 6.11. The summed E-state index contributed by atoms with van der Waals surface area (Å²) in [6.07, 6.45) is 12.7. The lowest BCUT2D eigenvalue weighted by Gasteiger charge is -2.26. The monoisotopic (exact) mass is 314 g/mol. The molecule has 0 N–H and O–H groups in total. The molecule has 0 radical (unpaired) electrons. The van der Waals surface area contributed by atoms with E-state index in [9.17, 15) is 8.78 Å². The second-order valence-electron chi connectivity index (χ2n) is 6.11. The summed E-state index contributed by atoms with van der Waals surface area (Å²) in [7, 11) is 0. The van der Waals surface area contributed by atoms with E-state index in [0.29, 0.717) is 23.2 Å². The van der Waals surface area contributed by atoms with Gasteiger partial charge in [0.25, 0.3) is 0 Å². The standard InChI is InChI=1S/C19H20F2N2/c1-2-3-13-4-6-14(7-5-13)16-11-22-19(23-12-16)15-8-9-17(20)18(21)10-15/h2-3,8-14H,4-7H2,1H3/t13-,14-. The number of benzene rings is 1. The van der Waals surface area contributed by atoms with Gasteiger partial charge in [-0.25, -0.2) is 18.7 Å². The van der Waals surface area contributed by atoms with Crippen molar-refractivity contribution in [2.45, 2.75) is 38.5 Å². The van der Waals surface area contributed by atoms with Crippen LogP contribution in [-0.2, 0) is 0 Å². The van der Waals surface area contributed by atoms with Gasteiger partial charge in [0.05, 0.1) is 0 Å². The van der Waals surface area contributed by atoms with Crippen molar-refractivity contribution >= 4 is 0 Å². The summed E-state index contributed by atoms with van der Waals surface area (Å²) in [5, 5.41) is 0. The van der Waals surface area contributed by atoms with Crippen LogP contribution < -0.4 is 0 Å². The molecule has 0 atom stereocenters. The van der Waals surface area contributed by atoms with Crippen molar-refractivity contribution in [1.82, 2.24) is 9.97 Å². The van der Waals surface area contributed by atoms with E-state index in [2.05, 4.69) is 29.0 Å². The van der Waals surface area contributed by atoms with Crippen molar-refractivity contribution in [3.8, 4) is 11.4 Å². The number of rotatable bonds is 3. The van der Waals surface area contributed by atoms with Gasteiger partial charge in [0.2, 0.25) is 0 Å². The molecule has 0 unspecified atom stereocenters. The maximum atomic E-state index is 13.3. The van der Waals surface area contributed by atoms with Crippen molar-refractivity contribution in [3.05, 3.63) is 59.9 Å². The molecule has 1 saturated carbocycles. The van der Waals surface area contributed by atoms with Gasteiger partial charge in [-0.15, -0.1) is 0 Å². The van der Waals surface area contributed by atoms with Crippen LogP contribution in [0.15, 0.2) is 42.7 Å². The first-order valence-electron chi connectivity index (χ1n) is 8.07. The van der Waals surface area contributed by atoms with Crippen LogP contribution in [0.25, 0.3) is 11.4 Å². The number of hydrogen-bond acceptors (Lipinski definition) is 2. The third-order valence-corrected chi connectivity index (χ3v) is 4.56. The van der Waals surface area contributed by atoms with Gasteiger partial charge in [-0.3, -0.25) is 0 Å². The van der Waals surface area contributed by atoms with Crippen LogP contribution >= 0.6 is 0 Å². The zero-order chi connectivity index (χ0) is 16.2. The zero-order valence-electron chi connectivity index (χ0n) is 13.2. The van der Waals surface area contributed by atoms with Crippen molar-refractivity contribution in [3.63, 3.8) is 0 Å². The van der Waals surface area contributed by atoms with Crippen molar-refractivity contribution < 1.29 is 8.78 Å². The van der Waals surface area contributed by atoms with Gasteiger partial charge in [-0.1, -0.05) is 12.2 Å². The van der Waals surface area contributed by atoms with E-state index < -0.39 is 11.6 Å². The van der Waals surface area contributed by atoms with E-state index >= 15 is 0 Å². The second kappa shape index (κ2) is 6.99. The van der Waals surface area contributed by atoms with Crippen LogP contribution in [0, 0.1) is 17.6 Å². The first-order valence-corrected chi connectivity index (χ1v) is 8.07. The third-order valence-electron chi connectivity index (χ3n) is 4.56. The van der Waals surface area contributed by atoms with Gasteiger partial charge in [0.1, 0.15) is 0 Å². The Morgan fingerprint density at radius 2 is 1.70 bits per heavy atom. The van der Waals surface area contributed by atoms with E-state index in [0.717, 1.165) is 30.5 Å². The molecule has 0 saturated heterocycles. The molecule has 120 valence electrons. The minimum atomic E-state index is -0.877. The summed E-state index contributed by atoms with van der Waals surface area (Å²) in [6.45, 7) is 2.07. The van der Waals surface area contributed by atoms with Crippen LogP contribution in [-0.4, -0.2) is 9.97 Å². The van der Waals surface area contributed by atoms with Crippen LogP contribution in [0.4, 0.5) is 8.78 Å². The molecule has 1 aliphatic rings. The predicted molar refractivity (Wildman–Crippen MR) is 86.9 cm³/mol. The number of allylic oxidation sites excluding steroid dienone is 2. The summed E-state index contributed by atoms with van der Waals surface area (Å²) in [5.41, 5.74) is 1.63. The average molecular weight is 314 g/mol. The Morgan fingerprint density at radius 1 is 1.00 bits per heavy atom. The molecule has 0 spiro atoms. The highest BCUT2D eigenvalue weighted by atomic mass is 19.2. The molecular formula is C19H20F2N2. The van der Waals surface area contributed by atoms with Gasteiger partial charge in [0, 0.05) is 18.0 Å². The molecule has 3 rings (SSSR count). The van der Waals surface area contributed by atoms with Crippen molar-refractivity contribution in [2.75, 3.05) is 0 Å². The van der Waals surface area contributed by atoms with Crippen molar-refractivity contribution in [2.24, 2.45) is 5.92 Å². The molecule has 1 heterocycles. The van der Waals surface area contributed by atoms with Gasteiger partial charge < -0.3 is 0 Å². The van der Waals surface area contributed by atoms with E-state index in [4.69, 9.17) is 0 Å². The van der Waals surface area contributed by atoms with Gasteiger partial charge in [0.15, 0.2) is 17.5 Å². The highest BCUT2D eigenvalue weighted by molar-refractivity contribution is 5.54. The Bertz CT molecular complexity index is 687. The normalized spacial score (nSPS) is 21.7. The zero-order valence-corrected chi connectivity index (χ0v) is 13.2. The molecule has 2 nitrogen and oxygen atoms in total. The van der Waals surface area contributed by atoms with Crippen molar-refractivity contribution in [1.29, 1.82) is 0 Å². The van der Waals surface area contributed by atoms with E-state index in [1.165, 1.54) is 18.9 Å². The summed E-state index contributed by atoms with van der Waals surface area (Å²) in [5.74, 6) is -0.120. The predicted octanol–water partition coefficient (Wildman–Crippen LogP) is 5.27. The molecule has 1 aromatic heterocycles. The summed E-state index contributed by atoms with van der Waals surface area (Å²) >= 11 is 0. The lowest BCUT2D eigenvalue weighted by molar-refractivity contribution is 0.375. The fourth-order valence-electron chi connectivity index (χ4n) is 3.25. The first-order chi connectivity index (χ1) is 11.2. The smallest absolute Gasteiger partial charge is 0.159 e. The van der Waals surface area contributed by atoms with Gasteiger partial charge in [-0.2, -0.15) is 0 Å². The molecule has 1 fully saturated rings. The largest absolute Gasteiger partial charge is 0.236 e. The van der Waals surface area contributed by atoms with E-state index in [1.807, 2.05) is 12.4 Å². The average Bonchev–Trinajstić information content (AvgIpc) is 2.59. The summed E-state index contributed by atoms with van der Waals surface area (Å²) in [4.78, 5) is 8.67. The number of hydrogen-bond donors (Lipinski definition) is 0. The molecule has 2 aromatic rings. The Kier molecular flexibility index (Phi) is 4.79. The molecule has 1 aliphatic carbocycles. The van der Waals surface area contributed by atoms with Gasteiger partial charge >= 0.3 is 0 Å². The van der Waals surface area contributed by atoms with Gasteiger partial charge in [-0.05, 0) is 68.2 Å². The number of nitrogens with zero attached hydrogens (tertiary/aromatic N) is 2. The molecule has 1 aromatic carbocycles. The number of halogens is 2. The molecule has 0 aliphatic heterocycles. The highest BCUT2D eigenvalue weighted by Crippen LogP contribution is 2.36. The molecule has 23 heavy (non-hydrogen) atoms. The highest BCUT2D eigenvalue weighted by Gasteiger charge is 2.21. The molecule has 0 bridgehead atoms. The number of aromatic nitrogens is 2. The first kappa shape index (κ1) is 15.8. The van der Waals surface area contributed by atoms with Crippen LogP contribution in [0.3, 0.4) is 0 Å². The third kappa shape index (κ3) is 3.63. The SMILES string of the molecule is CC=C[C@H]1CC[C@H](c2cnc(-c3ccc(F)c(F)c3)nc2)CC1. The van der Waals surface area contributed by atoms with Crippen LogP contribution in [0.5, 0.6) is 0 Å². The maximum Gasteiger partial charge on any atom is 0.159 e. The Balaban J connectivity index is 1.71. The Morgan fingerprint density at radius 3 is 2.30 bits per heavy atom. The van der Waals surface area contributed by atoms with E-state index in [-0.39, 0.29) is 0 Å². The maximum absolute atomic E-state index is 13.3. The Labute approximate surface area is 135 Å². The van der Waals surface area contributed by atoms with Crippen LogP contribution in [0.2, 0.25) is 0 Å². The fourth-order valence-corrected chi connectivity index (χ4v) is 3.25. The lowest BCUT2D eigenvalue weighted by atomic mass is 9.79. The molecule has 4 heteroatoms. The molecule has 0 amide bonds. The minimum Gasteiger partial charge on any atom is -0.236 e.